The van der Waals surface area contributed by atoms with Crippen LogP contribution in [0.5, 0.6) is 0 Å². The molecule has 1 aromatic carbocycles. The first-order chi connectivity index (χ1) is 8.16. The zero-order valence-corrected chi connectivity index (χ0v) is 10.4. The van der Waals surface area contributed by atoms with Crippen LogP contribution in [-0.4, -0.2) is 16.3 Å². The maximum Gasteiger partial charge on any atom is 0.0739 e. The van der Waals surface area contributed by atoms with Crippen LogP contribution in [0.4, 0.5) is 11.4 Å². The zero-order chi connectivity index (χ0) is 12.3. The molecule has 0 bridgehead atoms. The van der Waals surface area contributed by atoms with Crippen molar-refractivity contribution in [1.29, 1.82) is 0 Å². The van der Waals surface area contributed by atoms with Gasteiger partial charge in [-0.1, -0.05) is 17.7 Å². The molecule has 0 aliphatic heterocycles. The third-order valence-electron chi connectivity index (χ3n) is 2.47. The van der Waals surface area contributed by atoms with Gasteiger partial charge in [0.25, 0.3) is 0 Å². The van der Waals surface area contributed by atoms with Gasteiger partial charge in [-0.2, -0.15) is 5.10 Å². The molecule has 5 heteroatoms. The number of nitrogens with two attached hydrogens (primary N) is 1. The minimum Gasteiger partial charge on any atom is -0.396 e. The SMILES string of the molecule is Cc1cnn(CCNc2cccc(Cl)c2N)c1. The van der Waals surface area contributed by atoms with Gasteiger partial charge in [-0.3, -0.25) is 4.68 Å². The van der Waals surface area contributed by atoms with E-state index in [2.05, 4.69) is 10.4 Å². The number of aryl methyl sites for hydroxylation is 1. The third kappa shape index (κ3) is 2.91. The van der Waals surface area contributed by atoms with Gasteiger partial charge in [0.05, 0.1) is 29.1 Å². The van der Waals surface area contributed by atoms with Crippen LogP contribution in [0.15, 0.2) is 30.6 Å². The van der Waals surface area contributed by atoms with E-state index in [0.29, 0.717) is 10.7 Å². The zero-order valence-electron chi connectivity index (χ0n) is 9.65. The van der Waals surface area contributed by atoms with Crippen LogP contribution in [0.3, 0.4) is 0 Å². The van der Waals surface area contributed by atoms with Crippen molar-refractivity contribution >= 4 is 23.0 Å². The molecule has 0 saturated carbocycles. The fourth-order valence-electron chi connectivity index (χ4n) is 1.59. The van der Waals surface area contributed by atoms with Gasteiger partial charge in [-0.25, -0.2) is 0 Å². The highest BCUT2D eigenvalue weighted by Crippen LogP contribution is 2.26. The molecule has 17 heavy (non-hydrogen) atoms. The number of rotatable bonds is 4. The Morgan fingerprint density at radius 1 is 1.47 bits per heavy atom. The quantitative estimate of drug-likeness (QED) is 0.820. The maximum atomic E-state index is 5.93. The van der Waals surface area contributed by atoms with Crippen molar-refractivity contribution in [2.75, 3.05) is 17.6 Å². The van der Waals surface area contributed by atoms with Gasteiger partial charge in [0, 0.05) is 12.7 Å². The molecule has 0 aliphatic carbocycles. The summed E-state index contributed by atoms with van der Waals surface area (Å²) >= 11 is 5.93. The number of nitrogens with zero attached hydrogens (tertiary/aromatic N) is 2. The van der Waals surface area contributed by atoms with E-state index in [9.17, 15) is 0 Å². The molecule has 1 aromatic heterocycles. The summed E-state index contributed by atoms with van der Waals surface area (Å²) in [5.74, 6) is 0. The summed E-state index contributed by atoms with van der Waals surface area (Å²) in [7, 11) is 0. The van der Waals surface area contributed by atoms with Crippen LogP contribution in [-0.2, 0) is 6.54 Å². The van der Waals surface area contributed by atoms with Crippen molar-refractivity contribution in [3.8, 4) is 0 Å². The van der Waals surface area contributed by atoms with Crippen molar-refractivity contribution in [1.82, 2.24) is 9.78 Å². The molecule has 0 atom stereocenters. The molecular weight excluding hydrogens is 236 g/mol. The molecule has 3 N–H and O–H groups in total. The Balaban J connectivity index is 1.92. The molecule has 0 radical (unpaired) electrons. The fraction of sp³-hybridized carbons (Fsp3) is 0.250. The van der Waals surface area contributed by atoms with E-state index in [1.807, 2.05) is 36.1 Å². The van der Waals surface area contributed by atoms with E-state index in [1.165, 1.54) is 0 Å². The third-order valence-corrected chi connectivity index (χ3v) is 2.80. The average Bonchev–Trinajstić information content (AvgIpc) is 2.70. The topological polar surface area (TPSA) is 55.9 Å². The first kappa shape index (κ1) is 11.8. The predicted molar refractivity (Wildman–Crippen MR) is 71.3 cm³/mol. The lowest BCUT2D eigenvalue weighted by Gasteiger charge is -2.10. The van der Waals surface area contributed by atoms with E-state index in [1.54, 1.807) is 6.07 Å². The van der Waals surface area contributed by atoms with Gasteiger partial charge in [0.15, 0.2) is 0 Å². The normalized spacial score (nSPS) is 10.5. The Kier molecular flexibility index (Phi) is 3.54. The Bertz CT molecular complexity index is 507. The summed E-state index contributed by atoms with van der Waals surface area (Å²) in [6.45, 7) is 3.57. The van der Waals surface area contributed by atoms with Crippen molar-refractivity contribution in [3.05, 3.63) is 41.2 Å². The first-order valence-corrected chi connectivity index (χ1v) is 5.81. The number of anilines is 2. The van der Waals surface area contributed by atoms with Gasteiger partial charge in [-0.15, -0.1) is 0 Å². The van der Waals surface area contributed by atoms with Crippen LogP contribution in [0.1, 0.15) is 5.56 Å². The highest BCUT2D eigenvalue weighted by molar-refractivity contribution is 6.33. The minimum absolute atomic E-state index is 0.574. The monoisotopic (exact) mass is 250 g/mol. The van der Waals surface area contributed by atoms with Crippen molar-refractivity contribution < 1.29 is 0 Å². The first-order valence-electron chi connectivity index (χ1n) is 5.44. The number of para-hydroxylation sites is 1. The number of hydrogen-bond donors (Lipinski definition) is 2. The second kappa shape index (κ2) is 5.10. The Morgan fingerprint density at radius 2 is 2.29 bits per heavy atom. The summed E-state index contributed by atoms with van der Waals surface area (Å²) in [5.41, 5.74) is 8.46. The Labute approximate surface area is 105 Å². The number of aromatic nitrogens is 2. The minimum atomic E-state index is 0.574. The number of halogens is 1. The van der Waals surface area contributed by atoms with Crippen LogP contribution in [0.2, 0.25) is 5.02 Å². The van der Waals surface area contributed by atoms with Crippen molar-refractivity contribution in [3.63, 3.8) is 0 Å². The molecule has 2 rings (SSSR count). The largest absolute Gasteiger partial charge is 0.396 e. The summed E-state index contributed by atoms with van der Waals surface area (Å²) in [6, 6.07) is 5.56. The van der Waals surface area contributed by atoms with E-state index >= 15 is 0 Å². The molecule has 0 unspecified atom stereocenters. The standard InChI is InChI=1S/C12H15ClN4/c1-9-7-16-17(8-9)6-5-15-11-4-2-3-10(13)12(11)14/h2-4,7-8,15H,5-6,14H2,1H3. The van der Waals surface area contributed by atoms with Gasteiger partial charge in [0.1, 0.15) is 0 Å². The van der Waals surface area contributed by atoms with Crippen molar-refractivity contribution in [2.45, 2.75) is 13.5 Å². The Hall–Kier alpha value is -1.68. The van der Waals surface area contributed by atoms with E-state index in [0.717, 1.165) is 24.3 Å². The molecular formula is C12H15ClN4. The average molecular weight is 251 g/mol. The molecule has 0 spiro atoms. The lowest BCUT2D eigenvalue weighted by Crippen LogP contribution is -2.11. The Morgan fingerprint density at radius 3 is 3.00 bits per heavy atom. The molecule has 0 saturated heterocycles. The lowest BCUT2D eigenvalue weighted by atomic mass is 10.2. The molecule has 1 heterocycles. The summed E-state index contributed by atoms with van der Waals surface area (Å²) in [5, 5.41) is 8.02. The molecule has 2 aromatic rings. The van der Waals surface area contributed by atoms with Crippen LogP contribution in [0.25, 0.3) is 0 Å². The number of nitrogen functional groups attached to an aromatic ring is 1. The smallest absolute Gasteiger partial charge is 0.0739 e. The lowest BCUT2D eigenvalue weighted by molar-refractivity contribution is 0.637. The second-order valence-corrected chi connectivity index (χ2v) is 4.32. The van der Waals surface area contributed by atoms with E-state index < -0.39 is 0 Å². The molecule has 0 fully saturated rings. The highest BCUT2D eigenvalue weighted by Gasteiger charge is 2.02. The number of nitrogens with one attached hydrogen (secondary N) is 1. The van der Waals surface area contributed by atoms with Gasteiger partial charge >= 0.3 is 0 Å². The summed E-state index contributed by atoms with van der Waals surface area (Å²) in [6.07, 6.45) is 3.84. The predicted octanol–water partition coefficient (Wildman–Crippen LogP) is 2.54. The van der Waals surface area contributed by atoms with Crippen LogP contribution in [0, 0.1) is 6.92 Å². The molecule has 0 amide bonds. The van der Waals surface area contributed by atoms with E-state index in [4.69, 9.17) is 17.3 Å². The van der Waals surface area contributed by atoms with Crippen LogP contribution < -0.4 is 11.1 Å². The van der Waals surface area contributed by atoms with Gasteiger partial charge in [0.2, 0.25) is 0 Å². The van der Waals surface area contributed by atoms with Crippen molar-refractivity contribution in [2.24, 2.45) is 0 Å². The molecule has 0 aliphatic rings. The highest BCUT2D eigenvalue weighted by atomic mass is 35.5. The fourth-order valence-corrected chi connectivity index (χ4v) is 1.76. The number of benzene rings is 1. The van der Waals surface area contributed by atoms with Gasteiger partial charge < -0.3 is 11.1 Å². The maximum absolute atomic E-state index is 5.93. The second-order valence-electron chi connectivity index (χ2n) is 3.91. The molecule has 90 valence electrons. The van der Waals surface area contributed by atoms with E-state index in [-0.39, 0.29) is 0 Å². The molecule has 4 nitrogen and oxygen atoms in total. The summed E-state index contributed by atoms with van der Waals surface area (Å²) in [4.78, 5) is 0. The van der Waals surface area contributed by atoms with Crippen LogP contribution >= 0.6 is 11.6 Å². The van der Waals surface area contributed by atoms with Gasteiger partial charge in [-0.05, 0) is 24.6 Å². The number of hydrogen-bond acceptors (Lipinski definition) is 3. The summed E-state index contributed by atoms with van der Waals surface area (Å²) < 4.78 is 1.89.